The topological polar surface area (TPSA) is 29.1 Å². The Bertz CT molecular complexity index is 453. The number of benzene rings is 1. The van der Waals surface area contributed by atoms with Crippen molar-refractivity contribution < 1.29 is 13.6 Å². The average Bonchev–Trinajstić information content (AvgIpc) is 2.82. The molecule has 0 spiro atoms. The molecule has 1 saturated heterocycles. The van der Waals surface area contributed by atoms with Gasteiger partial charge in [0.1, 0.15) is 0 Å². The lowest BCUT2D eigenvalue weighted by Gasteiger charge is -2.27. The summed E-state index contributed by atoms with van der Waals surface area (Å²) in [5.74, 6) is -2.01. The quantitative estimate of drug-likeness (QED) is 0.835. The lowest BCUT2D eigenvalue weighted by molar-refractivity contribution is 0.0857. The molecular formula is C14H17F2NO. The maximum atomic E-state index is 13.2. The number of hydrogen-bond donors (Lipinski definition) is 1. The van der Waals surface area contributed by atoms with Gasteiger partial charge in [-0.05, 0) is 44.0 Å². The lowest BCUT2D eigenvalue weighted by atomic mass is 9.84. The van der Waals surface area contributed by atoms with Crippen molar-refractivity contribution in [2.75, 3.05) is 6.54 Å². The smallest absolute Gasteiger partial charge is 0.182 e. The molecule has 0 aromatic heterocycles. The molecule has 2 nitrogen and oxygen atoms in total. The first-order chi connectivity index (χ1) is 8.59. The molecule has 1 N–H and O–H groups in total. The van der Waals surface area contributed by atoms with Crippen LogP contribution < -0.4 is 5.32 Å². The third kappa shape index (κ3) is 2.29. The second-order valence-corrected chi connectivity index (χ2v) is 4.82. The Balaban J connectivity index is 2.30. The number of ketones is 1. The molecule has 1 aromatic rings. The van der Waals surface area contributed by atoms with Crippen molar-refractivity contribution in [2.45, 2.75) is 38.1 Å². The first-order valence-electron chi connectivity index (χ1n) is 6.34. The summed E-state index contributed by atoms with van der Waals surface area (Å²) in [6.45, 7) is 2.82. The molecule has 1 unspecified atom stereocenters. The second-order valence-electron chi connectivity index (χ2n) is 4.82. The van der Waals surface area contributed by atoms with E-state index in [-0.39, 0.29) is 11.3 Å². The third-order valence-electron chi connectivity index (χ3n) is 3.54. The minimum absolute atomic E-state index is 0.124. The van der Waals surface area contributed by atoms with E-state index in [1.807, 2.05) is 6.92 Å². The molecule has 98 valence electrons. The Morgan fingerprint density at radius 1 is 1.39 bits per heavy atom. The molecular weight excluding hydrogens is 236 g/mol. The van der Waals surface area contributed by atoms with Gasteiger partial charge in [-0.25, -0.2) is 8.78 Å². The molecule has 1 aromatic carbocycles. The predicted octanol–water partition coefficient (Wildman–Crippen LogP) is 3.07. The largest absolute Gasteiger partial charge is 0.305 e. The van der Waals surface area contributed by atoms with Crippen LogP contribution in [-0.4, -0.2) is 17.9 Å². The normalized spacial score (nSPS) is 23.3. The minimum Gasteiger partial charge on any atom is -0.305 e. The highest BCUT2D eigenvalue weighted by Crippen LogP contribution is 2.29. The first kappa shape index (κ1) is 13.1. The predicted molar refractivity (Wildman–Crippen MR) is 65.6 cm³/mol. The average molecular weight is 253 g/mol. The van der Waals surface area contributed by atoms with Gasteiger partial charge in [0.15, 0.2) is 17.4 Å². The Morgan fingerprint density at radius 2 is 2.17 bits per heavy atom. The highest BCUT2D eigenvalue weighted by molar-refractivity contribution is 6.03. The SMILES string of the molecule is CCCC1(C(=O)c2ccc(F)c(F)c2)CCCN1. The number of rotatable bonds is 4. The molecule has 1 heterocycles. The van der Waals surface area contributed by atoms with Gasteiger partial charge < -0.3 is 5.32 Å². The Kier molecular flexibility index (Phi) is 3.76. The van der Waals surface area contributed by atoms with Gasteiger partial charge in [-0.3, -0.25) is 4.79 Å². The monoisotopic (exact) mass is 253 g/mol. The van der Waals surface area contributed by atoms with Crippen molar-refractivity contribution in [3.05, 3.63) is 35.4 Å². The fraction of sp³-hybridized carbons (Fsp3) is 0.500. The molecule has 1 fully saturated rings. The van der Waals surface area contributed by atoms with Crippen LogP contribution in [0.1, 0.15) is 43.0 Å². The van der Waals surface area contributed by atoms with Crippen LogP contribution in [0.2, 0.25) is 0 Å². The number of hydrogen-bond acceptors (Lipinski definition) is 2. The summed E-state index contributed by atoms with van der Waals surface area (Å²) in [7, 11) is 0. The van der Waals surface area contributed by atoms with Gasteiger partial charge >= 0.3 is 0 Å². The maximum Gasteiger partial charge on any atom is 0.182 e. The van der Waals surface area contributed by atoms with Crippen LogP contribution in [0.3, 0.4) is 0 Å². The fourth-order valence-electron chi connectivity index (χ4n) is 2.67. The van der Waals surface area contributed by atoms with E-state index in [9.17, 15) is 13.6 Å². The highest BCUT2D eigenvalue weighted by Gasteiger charge is 2.40. The number of halogens is 2. The Labute approximate surface area is 105 Å². The summed E-state index contributed by atoms with van der Waals surface area (Å²) in [5.41, 5.74) is -0.337. The van der Waals surface area contributed by atoms with E-state index >= 15 is 0 Å². The van der Waals surface area contributed by atoms with E-state index < -0.39 is 17.2 Å². The van der Waals surface area contributed by atoms with Gasteiger partial charge in [0, 0.05) is 5.56 Å². The van der Waals surface area contributed by atoms with Gasteiger partial charge in [-0.15, -0.1) is 0 Å². The zero-order chi connectivity index (χ0) is 13.2. The van der Waals surface area contributed by atoms with Crippen molar-refractivity contribution in [2.24, 2.45) is 0 Å². The fourth-order valence-corrected chi connectivity index (χ4v) is 2.67. The van der Waals surface area contributed by atoms with E-state index in [0.717, 1.165) is 44.4 Å². The van der Waals surface area contributed by atoms with Crippen molar-refractivity contribution in [3.63, 3.8) is 0 Å². The molecule has 1 aliphatic rings. The molecule has 0 saturated carbocycles. The Hall–Kier alpha value is -1.29. The van der Waals surface area contributed by atoms with E-state index in [0.29, 0.717) is 0 Å². The molecule has 1 aliphatic heterocycles. The van der Waals surface area contributed by atoms with Crippen LogP contribution in [0.4, 0.5) is 8.78 Å². The van der Waals surface area contributed by atoms with Crippen LogP contribution in [0.25, 0.3) is 0 Å². The molecule has 4 heteroatoms. The van der Waals surface area contributed by atoms with Crippen molar-refractivity contribution in [1.29, 1.82) is 0 Å². The van der Waals surface area contributed by atoms with Gasteiger partial charge in [0.05, 0.1) is 5.54 Å². The Morgan fingerprint density at radius 3 is 2.72 bits per heavy atom. The number of nitrogens with one attached hydrogen (secondary N) is 1. The summed E-state index contributed by atoms with van der Waals surface area (Å²) in [6.07, 6.45) is 3.31. The highest BCUT2D eigenvalue weighted by atomic mass is 19.2. The van der Waals surface area contributed by atoms with Gasteiger partial charge in [-0.2, -0.15) is 0 Å². The van der Waals surface area contributed by atoms with E-state index in [1.165, 1.54) is 6.07 Å². The summed E-state index contributed by atoms with van der Waals surface area (Å²) >= 11 is 0. The van der Waals surface area contributed by atoms with Crippen molar-refractivity contribution in [3.8, 4) is 0 Å². The molecule has 0 aliphatic carbocycles. The number of carbonyl (C=O) groups excluding carboxylic acids is 1. The van der Waals surface area contributed by atoms with Crippen LogP contribution in [0, 0.1) is 11.6 Å². The standard InChI is InChI=1S/C14H17F2NO/c1-2-6-14(7-3-8-17-14)13(18)10-4-5-11(15)12(16)9-10/h4-5,9,17H,2-3,6-8H2,1H3. The summed E-state index contributed by atoms with van der Waals surface area (Å²) in [4.78, 5) is 12.5. The summed E-state index contributed by atoms with van der Waals surface area (Å²) in [6, 6.07) is 3.37. The van der Waals surface area contributed by atoms with Crippen LogP contribution >= 0.6 is 0 Å². The van der Waals surface area contributed by atoms with E-state index in [4.69, 9.17) is 0 Å². The maximum absolute atomic E-state index is 13.2. The summed E-state index contributed by atoms with van der Waals surface area (Å²) in [5, 5.41) is 3.24. The zero-order valence-electron chi connectivity index (χ0n) is 10.4. The summed E-state index contributed by atoms with van der Waals surface area (Å²) < 4.78 is 26.1. The van der Waals surface area contributed by atoms with E-state index in [1.54, 1.807) is 0 Å². The third-order valence-corrected chi connectivity index (χ3v) is 3.54. The molecule has 0 radical (unpaired) electrons. The lowest BCUT2D eigenvalue weighted by Crippen LogP contribution is -2.47. The van der Waals surface area contributed by atoms with Crippen LogP contribution in [-0.2, 0) is 0 Å². The van der Waals surface area contributed by atoms with Gasteiger partial charge in [0.2, 0.25) is 0 Å². The van der Waals surface area contributed by atoms with Gasteiger partial charge in [0.25, 0.3) is 0 Å². The molecule has 0 bridgehead atoms. The van der Waals surface area contributed by atoms with Gasteiger partial charge in [-0.1, -0.05) is 13.3 Å². The van der Waals surface area contributed by atoms with E-state index in [2.05, 4.69) is 5.32 Å². The van der Waals surface area contributed by atoms with Crippen LogP contribution in [0.5, 0.6) is 0 Å². The van der Waals surface area contributed by atoms with Crippen molar-refractivity contribution >= 4 is 5.78 Å². The molecule has 0 amide bonds. The van der Waals surface area contributed by atoms with Crippen LogP contribution in [0.15, 0.2) is 18.2 Å². The molecule has 2 rings (SSSR count). The first-order valence-corrected chi connectivity index (χ1v) is 6.34. The second kappa shape index (κ2) is 5.14. The van der Waals surface area contributed by atoms with Crippen molar-refractivity contribution in [1.82, 2.24) is 5.32 Å². The zero-order valence-corrected chi connectivity index (χ0v) is 10.4. The number of carbonyl (C=O) groups is 1. The molecule has 18 heavy (non-hydrogen) atoms. The molecule has 1 atom stereocenters. The minimum atomic E-state index is -0.967. The number of Topliss-reactive ketones (excluding diaryl/α,β-unsaturated/α-hetero) is 1.